The lowest BCUT2D eigenvalue weighted by Gasteiger charge is -2.10. The summed E-state index contributed by atoms with van der Waals surface area (Å²) in [7, 11) is 0. The lowest BCUT2D eigenvalue weighted by atomic mass is 10.1. The van der Waals surface area contributed by atoms with Crippen molar-refractivity contribution in [2.45, 2.75) is 31.9 Å². The van der Waals surface area contributed by atoms with Gasteiger partial charge >= 0.3 is 6.18 Å². The van der Waals surface area contributed by atoms with Crippen molar-refractivity contribution in [1.29, 1.82) is 0 Å². The number of thiazole rings is 1. The zero-order valence-electron chi connectivity index (χ0n) is 15.5. The second-order valence-electron chi connectivity index (χ2n) is 6.53. The maximum atomic E-state index is 12.6. The van der Waals surface area contributed by atoms with E-state index in [2.05, 4.69) is 44.9 Å². The molecular formula is C19H24F3IN4S. The van der Waals surface area contributed by atoms with Gasteiger partial charge in [-0.3, -0.25) is 4.99 Å². The average Bonchev–Trinajstić information content (AvgIpc) is 3.26. The van der Waals surface area contributed by atoms with Crippen molar-refractivity contribution < 1.29 is 13.2 Å². The van der Waals surface area contributed by atoms with Crippen molar-refractivity contribution in [2.24, 2.45) is 10.9 Å². The summed E-state index contributed by atoms with van der Waals surface area (Å²) >= 11 is 1.04. The molecule has 1 aliphatic carbocycles. The smallest absolute Gasteiger partial charge is 0.357 e. The van der Waals surface area contributed by atoms with E-state index >= 15 is 0 Å². The van der Waals surface area contributed by atoms with Gasteiger partial charge in [0.1, 0.15) is 0 Å². The van der Waals surface area contributed by atoms with Crippen LogP contribution in [0.2, 0.25) is 0 Å². The fraction of sp³-hybridized carbons (Fsp3) is 0.474. The van der Waals surface area contributed by atoms with Crippen LogP contribution in [0.3, 0.4) is 0 Å². The lowest BCUT2D eigenvalue weighted by Crippen LogP contribution is -2.38. The number of hydrogen-bond donors (Lipinski definition) is 2. The van der Waals surface area contributed by atoms with Gasteiger partial charge in [-0.1, -0.05) is 30.3 Å². The van der Waals surface area contributed by atoms with E-state index in [1.54, 1.807) is 0 Å². The van der Waals surface area contributed by atoms with E-state index in [0.29, 0.717) is 35.8 Å². The first-order chi connectivity index (χ1) is 13.0. The number of aliphatic imine (C=N–C) groups is 1. The Morgan fingerprint density at radius 3 is 2.64 bits per heavy atom. The average molecular weight is 524 g/mol. The first-order valence-corrected chi connectivity index (χ1v) is 9.94. The molecule has 2 unspecified atom stereocenters. The quantitative estimate of drug-likeness (QED) is 0.314. The summed E-state index contributed by atoms with van der Waals surface area (Å²) < 4.78 is 37.8. The molecule has 4 nitrogen and oxygen atoms in total. The summed E-state index contributed by atoms with van der Waals surface area (Å²) in [4.78, 5) is 8.27. The van der Waals surface area contributed by atoms with Gasteiger partial charge in [-0.15, -0.1) is 35.3 Å². The molecule has 1 aromatic carbocycles. The zero-order chi connectivity index (χ0) is 19.3. The number of guanidine groups is 1. The molecule has 2 N–H and O–H groups in total. The first-order valence-electron chi connectivity index (χ1n) is 9.06. The highest BCUT2D eigenvalue weighted by Gasteiger charge is 2.37. The molecule has 0 amide bonds. The van der Waals surface area contributed by atoms with Crippen molar-refractivity contribution in [3.8, 4) is 0 Å². The lowest BCUT2D eigenvalue weighted by molar-refractivity contribution is -0.140. The molecule has 2 aromatic rings. The molecule has 0 aliphatic heterocycles. The molecule has 0 radical (unpaired) electrons. The maximum Gasteiger partial charge on any atom is 0.434 e. The van der Waals surface area contributed by atoms with Crippen molar-refractivity contribution >= 4 is 41.3 Å². The Labute approximate surface area is 184 Å². The van der Waals surface area contributed by atoms with Gasteiger partial charge in [-0.2, -0.15) is 13.2 Å². The molecule has 3 rings (SSSR count). The van der Waals surface area contributed by atoms with Crippen LogP contribution in [0.1, 0.15) is 35.5 Å². The first kappa shape index (κ1) is 22.9. The Morgan fingerprint density at radius 2 is 2.00 bits per heavy atom. The topological polar surface area (TPSA) is 49.3 Å². The third kappa shape index (κ3) is 6.61. The number of aromatic nitrogens is 1. The highest BCUT2D eigenvalue weighted by Crippen LogP contribution is 2.47. The Morgan fingerprint density at radius 1 is 1.25 bits per heavy atom. The molecule has 28 heavy (non-hydrogen) atoms. The number of rotatable bonds is 7. The SMILES string of the molecule is CCNC(=NCC1CC1c1ccccc1)NCCc1nc(C(F)(F)F)cs1.I. The molecule has 154 valence electrons. The summed E-state index contributed by atoms with van der Waals surface area (Å²) in [6, 6.07) is 10.4. The van der Waals surface area contributed by atoms with Gasteiger partial charge in [0.05, 0.1) is 5.01 Å². The summed E-state index contributed by atoms with van der Waals surface area (Å²) in [6.07, 6.45) is -2.80. The number of nitrogens with one attached hydrogen (secondary N) is 2. The normalized spacial score (nSPS) is 19.1. The molecule has 0 bridgehead atoms. The second-order valence-corrected chi connectivity index (χ2v) is 7.48. The Bertz CT molecular complexity index is 764. The summed E-state index contributed by atoms with van der Waals surface area (Å²) in [5, 5.41) is 7.89. The van der Waals surface area contributed by atoms with Crippen LogP contribution in [-0.2, 0) is 12.6 Å². The molecule has 1 fully saturated rings. The number of alkyl halides is 3. The minimum Gasteiger partial charge on any atom is -0.357 e. The van der Waals surface area contributed by atoms with Gasteiger partial charge in [0.2, 0.25) is 0 Å². The monoisotopic (exact) mass is 524 g/mol. The van der Waals surface area contributed by atoms with Crippen LogP contribution in [-0.4, -0.2) is 30.6 Å². The molecular weight excluding hydrogens is 500 g/mol. The van der Waals surface area contributed by atoms with Crippen molar-refractivity contribution in [2.75, 3.05) is 19.6 Å². The van der Waals surface area contributed by atoms with Gasteiger partial charge in [0, 0.05) is 31.4 Å². The predicted octanol–water partition coefficient (Wildman–Crippen LogP) is 4.68. The van der Waals surface area contributed by atoms with Crippen LogP contribution in [0.15, 0.2) is 40.7 Å². The number of hydrogen-bond acceptors (Lipinski definition) is 3. The van der Waals surface area contributed by atoms with E-state index in [1.807, 2.05) is 13.0 Å². The highest BCUT2D eigenvalue weighted by atomic mass is 127. The Hall–Kier alpha value is -1.36. The zero-order valence-corrected chi connectivity index (χ0v) is 18.6. The molecule has 1 saturated carbocycles. The number of halogens is 4. The Balaban J connectivity index is 0.00000280. The second kappa shape index (κ2) is 10.4. The molecule has 1 aromatic heterocycles. The van der Waals surface area contributed by atoms with Crippen LogP contribution in [0, 0.1) is 5.92 Å². The van der Waals surface area contributed by atoms with Gasteiger partial charge in [-0.25, -0.2) is 4.98 Å². The van der Waals surface area contributed by atoms with E-state index in [0.717, 1.165) is 36.2 Å². The van der Waals surface area contributed by atoms with Crippen molar-refractivity contribution in [1.82, 2.24) is 15.6 Å². The molecule has 1 aliphatic rings. The fourth-order valence-corrected chi connectivity index (χ4v) is 3.76. The van der Waals surface area contributed by atoms with E-state index in [1.165, 1.54) is 5.56 Å². The van der Waals surface area contributed by atoms with Gasteiger partial charge in [0.25, 0.3) is 0 Å². The molecule has 9 heteroatoms. The molecule has 2 atom stereocenters. The van der Waals surface area contributed by atoms with Crippen LogP contribution in [0.5, 0.6) is 0 Å². The largest absolute Gasteiger partial charge is 0.434 e. The van der Waals surface area contributed by atoms with Crippen LogP contribution < -0.4 is 10.6 Å². The Kier molecular flexibility index (Phi) is 8.54. The molecule has 1 heterocycles. The fourth-order valence-electron chi connectivity index (χ4n) is 2.95. The maximum absolute atomic E-state index is 12.6. The highest BCUT2D eigenvalue weighted by molar-refractivity contribution is 14.0. The van der Waals surface area contributed by atoms with Crippen molar-refractivity contribution in [3.63, 3.8) is 0 Å². The third-order valence-corrected chi connectivity index (χ3v) is 5.36. The summed E-state index contributed by atoms with van der Waals surface area (Å²) in [5.41, 5.74) is 0.545. The summed E-state index contributed by atoms with van der Waals surface area (Å²) in [6.45, 7) is 3.94. The van der Waals surface area contributed by atoms with E-state index in [4.69, 9.17) is 0 Å². The molecule has 0 saturated heterocycles. The van der Waals surface area contributed by atoms with Crippen LogP contribution in [0.4, 0.5) is 13.2 Å². The van der Waals surface area contributed by atoms with E-state index < -0.39 is 11.9 Å². The number of nitrogens with zero attached hydrogens (tertiary/aromatic N) is 2. The van der Waals surface area contributed by atoms with E-state index in [-0.39, 0.29) is 24.0 Å². The van der Waals surface area contributed by atoms with Gasteiger partial charge in [-0.05, 0) is 30.7 Å². The number of benzene rings is 1. The predicted molar refractivity (Wildman–Crippen MR) is 118 cm³/mol. The van der Waals surface area contributed by atoms with Gasteiger partial charge in [0.15, 0.2) is 11.7 Å². The van der Waals surface area contributed by atoms with E-state index in [9.17, 15) is 13.2 Å². The third-order valence-electron chi connectivity index (χ3n) is 4.45. The van der Waals surface area contributed by atoms with Crippen LogP contribution >= 0.6 is 35.3 Å². The minimum atomic E-state index is -4.38. The van der Waals surface area contributed by atoms with Crippen LogP contribution in [0.25, 0.3) is 0 Å². The van der Waals surface area contributed by atoms with Crippen molar-refractivity contribution in [3.05, 3.63) is 52.0 Å². The summed E-state index contributed by atoms with van der Waals surface area (Å²) in [5.74, 6) is 1.83. The standard InChI is InChI=1S/C19H23F3N4S.HI/c1-2-23-18(24-9-8-17-26-16(12-27-17)19(20,21)22)25-11-14-10-15(14)13-6-4-3-5-7-13;/h3-7,12,14-15H,2,8-11H2,1H3,(H2,23,24,25);1H. The van der Waals surface area contributed by atoms with Gasteiger partial charge < -0.3 is 10.6 Å². The molecule has 0 spiro atoms. The minimum absolute atomic E-state index is 0.